The second kappa shape index (κ2) is 3.88. The number of carboxylic acids is 1. The third-order valence-electron chi connectivity index (χ3n) is 2.54. The van der Waals surface area contributed by atoms with Gasteiger partial charge in [-0.1, -0.05) is 6.07 Å². The first-order valence-corrected chi connectivity index (χ1v) is 4.87. The van der Waals surface area contributed by atoms with Gasteiger partial charge in [-0.05, 0) is 31.4 Å². The van der Waals surface area contributed by atoms with E-state index in [1.807, 2.05) is 0 Å². The number of rotatable bonds is 3. The van der Waals surface area contributed by atoms with E-state index in [1.165, 1.54) is 12.1 Å². The summed E-state index contributed by atoms with van der Waals surface area (Å²) in [6.07, 6.45) is 2.96. The van der Waals surface area contributed by atoms with Gasteiger partial charge in [-0.3, -0.25) is 0 Å². The monoisotopic (exact) mass is 210 g/mol. The van der Waals surface area contributed by atoms with Gasteiger partial charge in [0.15, 0.2) is 0 Å². The maximum atomic E-state index is 13.2. The van der Waals surface area contributed by atoms with E-state index in [-0.39, 0.29) is 17.4 Å². The van der Waals surface area contributed by atoms with Gasteiger partial charge >= 0.3 is 5.97 Å². The molecule has 0 radical (unpaired) electrons. The summed E-state index contributed by atoms with van der Waals surface area (Å²) >= 11 is 0. The van der Waals surface area contributed by atoms with Crippen molar-refractivity contribution in [2.45, 2.75) is 25.4 Å². The maximum Gasteiger partial charge on any atom is 0.342 e. The zero-order valence-corrected chi connectivity index (χ0v) is 8.07. The van der Waals surface area contributed by atoms with Crippen LogP contribution in [-0.4, -0.2) is 17.2 Å². The van der Waals surface area contributed by atoms with Crippen molar-refractivity contribution in [2.24, 2.45) is 0 Å². The lowest BCUT2D eigenvalue weighted by molar-refractivity contribution is 0.0673. The smallest absolute Gasteiger partial charge is 0.342 e. The predicted octanol–water partition coefficient (Wildman–Crippen LogP) is 2.46. The van der Waals surface area contributed by atoms with Gasteiger partial charge in [-0.2, -0.15) is 0 Å². The fourth-order valence-corrected chi connectivity index (χ4v) is 1.48. The van der Waals surface area contributed by atoms with Crippen LogP contribution in [0.5, 0.6) is 5.75 Å². The van der Waals surface area contributed by atoms with Crippen LogP contribution in [-0.2, 0) is 0 Å². The number of carboxylic acid groups (broad SMARTS) is 1. The van der Waals surface area contributed by atoms with E-state index in [2.05, 4.69) is 0 Å². The molecule has 0 heterocycles. The van der Waals surface area contributed by atoms with Crippen molar-refractivity contribution in [3.8, 4) is 5.75 Å². The van der Waals surface area contributed by atoms with E-state index in [1.54, 1.807) is 0 Å². The van der Waals surface area contributed by atoms with Crippen LogP contribution in [0.1, 0.15) is 29.6 Å². The number of benzene rings is 1. The first-order chi connectivity index (χ1) is 7.18. The molecule has 80 valence electrons. The molecule has 0 saturated heterocycles. The normalized spacial score (nSPS) is 15.8. The largest absolute Gasteiger partial charge is 0.489 e. The first-order valence-electron chi connectivity index (χ1n) is 4.87. The molecule has 0 unspecified atom stereocenters. The highest BCUT2D eigenvalue weighted by Crippen LogP contribution is 2.28. The molecule has 0 aromatic heterocycles. The summed E-state index contributed by atoms with van der Waals surface area (Å²) in [5.74, 6) is -1.91. The molecule has 2 rings (SSSR count). The van der Waals surface area contributed by atoms with Gasteiger partial charge in [-0.25, -0.2) is 9.18 Å². The van der Waals surface area contributed by atoms with E-state index in [0.29, 0.717) is 0 Å². The highest BCUT2D eigenvalue weighted by molar-refractivity contribution is 5.91. The van der Waals surface area contributed by atoms with Crippen LogP contribution in [0, 0.1) is 5.82 Å². The summed E-state index contributed by atoms with van der Waals surface area (Å²) in [5, 5.41) is 8.83. The summed E-state index contributed by atoms with van der Waals surface area (Å²) in [6, 6.07) is 4.07. The van der Waals surface area contributed by atoms with Crippen LogP contribution in [0.25, 0.3) is 0 Å². The Morgan fingerprint density at radius 1 is 1.47 bits per heavy atom. The van der Waals surface area contributed by atoms with Crippen molar-refractivity contribution in [1.82, 2.24) is 0 Å². The summed E-state index contributed by atoms with van der Waals surface area (Å²) in [6.45, 7) is 0. The lowest BCUT2D eigenvalue weighted by Gasteiger charge is -2.27. The summed E-state index contributed by atoms with van der Waals surface area (Å²) < 4.78 is 18.6. The molecule has 1 N–H and O–H groups in total. The number of hydrogen-bond donors (Lipinski definition) is 1. The number of hydrogen-bond acceptors (Lipinski definition) is 2. The Bertz CT molecular complexity index is 385. The number of aromatic carboxylic acids is 1. The zero-order chi connectivity index (χ0) is 10.8. The molecule has 0 amide bonds. The Morgan fingerprint density at radius 2 is 2.20 bits per heavy atom. The molecule has 0 aliphatic heterocycles. The molecule has 15 heavy (non-hydrogen) atoms. The molecule has 0 atom stereocenters. The van der Waals surface area contributed by atoms with Gasteiger partial charge in [0.2, 0.25) is 0 Å². The lowest BCUT2D eigenvalue weighted by Crippen LogP contribution is -2.25. The van der Waals surface area contributed by atoms with Crippen LogP contribution in [0.4, 0.5) is 4.39 Å². The second-order valence-corrected chi connectivity index (χ2v) is 3.59. The van der Waals surface area contributed by atoms with Crippen LogP contribution >= 0.6 is 0 Å². The number of halogens is 1. The van der Waals surface area contributed by atoms with Crippen LogP contribution < -0.4 is 4.74 Å². The molecule has 1 aromatic carbocycles. The molecular formula is C11H11FO3. The summed E-state index contributed by atoms with van der Waals surface area (Å²) in [4.78, 5) is 10.8. The standard InChI is InChI=1S/C11H11FO3/c12-8-5-2-6-9(10(8)11(13)14)15-7-3-1-4-7/h2,5-7H,1,3-4H2,(H,13,14). The van der Waals surface area contributed by atoms with Crippen molar-refractivity contribution < 1.29 is 19.0 Å². The van der Waals surface area contributed by atoms with Crippen molar-refractivity contribution in [3.63, 3.8) is 0 Å². The summed E-state index contributed by atoms with van der Waals surface area (Å²) in [7, 11) is 0. The van der Waals surface area contributed by atoms with E-state index < -0.39 is 11.8 Å². The van der Waals surface area contributed by atoms with Gasteiger partial charge in [0, 0.05) is 0 Å². The Balaban J connectivity index is 2.27. The topological polar surface area (TPSA) is 46.5 Å². The molecule has 1 saturated carbocycles. The van der Waals surface area contributed by atoms with Crippen LogP contribution in [0.3, 0.4) is 0 Å². The van der Waals surface area contributed by atoms with Crippen LogP contribution in [0.2, 0.25) is 0 Å². The van der Waals surface area contributed by atoms with Crippen molar-refractivity contribution in [2.75, 3.05) is 0 Å². The van der Waals surface area contributed by atoms with Crippen LogP contribution in [0.15, 0.2) is 18.2 Å². The fourth-order valence-electron chi connectivity index (χ4n) is 1.48. The molecular weight excluding hydrogens is 199 g/mol. The predicted molar refractivity (Wildman–Crippen MR) is 51.6 cm³/mol. The third kappa shape index (κ3) is 1.93. The fraction of sp³-hybridized carbons (Fsp3) is 0.364. The van der Waals surface area contributed by atoms with Gasteiger partial charge in [0.05, 0.1) is 6.10 Å². The number of ether oxygens (including phenoxy) is 1. The zero-order valence-electron chi connectivity index (χ0n) is 8.07. The van der Waals surface area contributed by atoms with Gasteiger partial charge in [0.25, 0.3) is 0 Å². The molecule has 0 spiro atoms. The van der Waals surface area contributed by atoms with E-state index >= 15 is 0 Å². The molecule has 1 aromatic rings. The van der Waals surface area contributed by atoms with E-state index in [9.17, 15) is 9.18 Å². The highest BCUT2D eigenvalue weighted by Gasteiger charge is 2.23. The summed E-state index contributed by atoms with van der Waals surface area (Å²) in [5.41, 5.74) is -0.371. The maximum absolute atomic E-state index is 13.2. The average molecular weight is 210 g/mol. The van der Waals surface area contributed by atoms with Gasteiger partial charge in [0.1, 0.15) is 17.1 Å². The highest BCUT2D eigenvalue weighted by atomic mass is 19.1. The molecule has 0 bridgehead atoms. The Labute approximate surface area is 86.5 Å². The van der Waals surface area contributed by atoms with Crippen molar-refractivity contribution >= 4 is 5.97 Å². The first kappa shape index (κ1) is 9.96. The molecule has 3 nitrogen and oxygen atoms in total. The molecule has 1 aliphatic rings. The lowest BCUT2D eigenvalue weighted by atomic mass is 9.96. The Morgan fingerprint density at radius 3 is 2.73 bits per heavy atom. The Hall–Kier alpha value is -1.58. The average Bonchev–Trinajstić information content (AvgIpc) is 2.10. The molecule has 4 heteroatoms. The number of carbonyl (C=O) groups is 1. The third-order valence-corrected chi connectivity index (χ3v) is 2.54. The SMILES string of the molecule is O=C(O)c1c(F)cccc1OC1CCC1. The van der Waals surface area contributed by atoms with Crippen molar-refractivity contribution in [1.29, 1.82) is 0 Å². The minimum atomic E-state index is -1.29. The van der Waals surface area contributed by atoms with Crippen molar-refractivity contribution in [3.05, 3.63) is 29.6 Å². The van der Waals surface area contributed by atoms with Gasteiger partial charge in [-0.15, -0.1) is 0 Å². The van der Waals surface area contributed by atoms with E-state index in [4.69, 9.17) is 9.84 Å². The molecule has 1 aliphatic carbocycles. The van der Waals surface area contributed by atoms with Gasteiger partial charge < -0.3 is 9.84 Å². The minimum Gasteiger partial charge on any atom is -0.489 e. The minimum absolute atomic E-state index is 0.0462. The quantitative estimate of drug-likeness (QED) is 0.833. The van der Waals surface area contributed by atoms with E-state index in [0.717, 1.165) is 25.3 Å². The molecule has 1 fully saturated rings. The Kier molecular flexibility index (Phi) is 2.58. The second-order valence-electron chi connectivity index (χ2n) is 3.59.